The van der Waals surface area contributed by atoms with E-state index in [-0.39, 0.29) is 9.50 Å². The van der Waals surface area contributed by atoms with Gasteiger partial charge in [-0.25, -0.2) is 0 Å². The van der Waals surface area contributed by atoms with E-state index >= 15 is 0 Å². The fourth-order valence-corrected chi connectivity index (χ4v) is 1.80. The van der Waals surface area contributed by atoms with Crippen LogP contribution in [0.5, 0.6) is 0 Å². The van der Waals surface area contributed by atoms with Crippen LogP contribution >= 0.6 is 27.5 Å². The van der Waals surface area contributed by atoms with Crippen molar-refractivity contribution in [2.24, 2.45) is 5.73 Å². The molecule has 1 nitrogen and oxygen atoms in total. The summed E-state index contributed by atoms with van der Waals surface area (Å²) in [5.41, 5.74) is 4.57. The molecular weight excluding hydrogens is 332 g/mol. The Morgan fingerprint density at radius 1 is 1.18 bits per heavy atom. The molecule has 0 fully saturated rings. The van der Waals surface area contributed by atoms with Gasteiger partial charge in [0, 0.05) is 9.50 Å². The van der Waals surface area contributed by atoms with E-state index in [0.717, 1.165) is 6.07 Å². The number of nitrogens with two attached hydrogens (primary N) is 1. The summed E-state index contributed by atoms with van der Waals surface area (Å²) in [6.07, 6.45) is -5.71. The molecule has 0 aliphatic rings. The Hall–Kier alpha value is -0.400. The highest BCUT2D eigenvalue weighted by Crippen LogP contribution is 2.44. The average molecular weight is 339 g/mol. The fourth-order valence-electron chi connectivity index (χ4n) is 1.12. The van der Waals surface area contributed by atoms with Crippen LogP contribution in [0.4, 0.5) is 22.0 Å². The van der Waals surface area contributed by atoms with Crippen LogP contribution in [0.3, 0.4) is 0 Å². The first-order valence-corrected chi connectivity index (χ1v) is 5.39. The van der Waals surface area contributed by atoms with Crippen LogP contribution < -0.4 is 5.73 Å². The standard InChI is InChI=1S/C9H6BrClF5N/c10-6-2-1-4(11)3-5(6)7(17)8(12,13)9(14,15)16/h1-3,7H,17H2/t7-/m0/s1. The Kier molecular flexibility index (Phi) is 4.05. The third-order valence-corrected chi connectivity index (χ3v) is 3.02. The fraction of sp³-hybridized carbons (Fsp3) is 0.333. The number of rotatable bonds is 2. The predicted octanol–water partition coefficient (Wildman–Crippen LogP) is 4.30. The minimum absolute atomic E-state index is 0.0247. The van der Waals surface area contributed by atoms with Gasteiger partial charge in [0.1, 0.15) is 6.04 Å². The zero-order valence-corrected chi connectivity index (χ0v) is 10.4. The van der Waals surface area contributed by atoms with Crippen molar-refractivity contribution in [1.29, 1.82) is 0 Å². The molecule has 1 atom stereocenters. The molecule has 0 aliphatic heterocycles. The Morgan fingerprint density at radius 2 is 1.71 bits per heavy atom. The van der Waals surface area contributed by atoms with E-state index in [1.807, 2.05) is 0 Å². The van der Waals surface area contributed by atoms with Gasteiger partial charge in [-0.15, -0.1) is 0 Å². The van der Waals surface area contributed by atoms with Gasteiger partial charge in [-0.05, 0) is 23.8 Å². The Labute approximate surface area is 107 Å². The summed E-state index contributed by atoms with van der Waals surface area (Å²) >= 11 is 8.37. The van der Waals surface area contributed by atoms with Gasteiger partial charge in [-0.1, -0.05) is 27.5 Å². The third-order valence-electron chi connectivity index (χ3n) is 2.06. The van der Waals surface area contributed by atoms with E-state index in [0.29, 0.717) is 0 Å². The van der Waals surface area contributed by atoms with Gasteiger partial charge in [0.2, 0.25) is 0 Å². The van der Waals surface area contributed by atoms with Crippen molar-refractivity contribution in [2.75, 3.05) is 0 Å². The van der Waals surface area contributed by atoms with Crippen molar-refractivity contribution >= 4 is 27.5 Å². The van der Waals surface area contributed by atoms with Crippen LogP contribution in [0.1, 0.15) is 11.6 Å². The van der Waals surface area contributed by atoms with Crippen LogP contribution in [0, 0.1) is 0 Å². The Bertz CT molecular complexity index is 420. The molecule has 0 saturated carbocycles. The van der Waals surface area contributed by atoms with Crippen molar-refractivity contribution < 1.29 is 22.0 Å². The predicted molar refractivity (Wildman–Crippen MR) is 57.1 cm³/mol. The van der Waals surface area contributed by atoms with Crippen LogP contribution in [0.15, 0.2) is 22.7 Å². The molecule has 1 aromatic carbocycles. The minimum atomic E-state index is -5.71. The summed E-state index contributed by atoms with van der Waals surface area (Å²) in [6, 6.07) is 1.05. The lowest BCUT2D eigenvalue weighted by molar-refractivity contribution is -0.291. The summed E-state index contributed by atoms with van der Waals surface area (Å²) in [4.78, 5) is 0. The molecule has 8 heteroatoms. The molecule has 0 heterocycles. The lowest BCUT2D eigenvalue weighted by Gasteiger charge is -2.26. The summed E-state index contributed by atoms with van der Waals surface area (Å²) in [6.45, 7) is 0. The van der Waals surface area contributed by atoms with E-state index in [4.69, 9.17) is 17.3 Å². The number of halogens is 7. The van der Waals surface area contributed by atoms with Crippen molar-refractivity contribution in [3.05, 3.63) is 33.3 Å². The number of alkyl halides is 5. The summed E-state index contributed by atoms with van der Waals surface area (Å²) in [5, 5.41) is 0.0247. The number of hydrogen-bond acceptors (Lipinski definition) is 1. The van der Waals surface area contributed by atoms with Crippen LogP contribution in [0.2, 0.25) is 5.02 Å². The lowest BCUT2D eigenvalue weighted by atomic mass is 10.0. The maximum atomic E-state index is 13.0. The smallest absolute Gasteiger partial charge is 0.319 e. The highest BCUT2D eigenvalue weighted by Gasteiger charge is 2.61. The van der Waals surface area contributed by atoms with E-state index < -0.39 is 23.7 Å². The molecule has 0 spiro atoms. The quantitative estimate of drug-likeness (QED) is 0.800. The second kappa shape index (κ2) is 4.70. The van der Waals surface area contributed by atoms with Gasteiger partial charge >= 0.3 is 12.1 Å². The molecule has 0 bridgehead atoms. The molecule has 0 aliphatic carbocycles. The molecule has 0 radical (unpaired) electrons. The third kappa shape index (κ3) is 2.89. The summed E-state index contributed by atoms with van der Waals surface area (Å²) in [7, 11) is 0. The number of benzene rings is 1. The molecule has 2 N–H and O–H groups in total. The van der Waals surface area contributed by atoms with Crippen molar-refractivity contribution in [3.8, 4) is 0 Å². The topological polar surface area (TPSA) is 26.0 Å². The summed E-state index contributed by atoms with van der Waals surface area (Å²) in [5.74, 6) is -5.03. The van der Waals surface area contributed by atoms with E-state index in [1.54, 1.807) is 0 Å². The lowest BCUT2D eigenvalue weighted by Crippen LogP contribution is -2.46. The molecule has 17 heavy (non-hydrogen) atoms. The molecule has 0 saturated heterocycles. The SMILES string of the molecule is N[C@@H](c1cc(Cl)ccc1Br)C(F)(F)C(F)(F)F. The molecule has 1 aromatic rings. The Morgan fingerprint density at radius 3 is 2.18 bits per heavy atom. The first-order valence-electron chi connectivity index (χ1n) is 4.22. The van der Waals surface area contributed by atoms with E-state index in [2.05, 4.69) is 15.9 Å². The normalized spacial score (nSPS) is 14.8. The van der Waals surface area contributed by atoms with Crippen LogP contribution in [-0.4, -0.2) is 12.1 Å². The van der Waals surface area contributed by atoms with Crippen molar-refractivity contribution in [2.45, 2.75) is 18.1 Å². The molecule has 1 rings (SSSR count). The first kappa shape index (κ1) is 14.7. The highest BCUT2D eigenvalue weighted by atomic mass is 79.9. The molecule has 0 unspecified atom stereocenters. The van der Waals surface area contributed by atoms with Gasteiger partial charge in [0.05, 0.1) is 0 Å². The van der Waals surface area contributed by atoms with Crippen molar-refractivity contribution in [1.82, 2.24) is 0 Å². The molecular formula is C9H6BrClF5N. The van der Waals surface area contributed by atoms with Gasteiger partial charge in [0.25, 0.3) is 0 Å². The average Bonchev–Trinajstić information content (AvgIpc) is 2.19. The maximum absolute atomic E-state index is 13.0. The van der Waals surface area contributed by atoms with Gasteiger partial charge in [-0.3, -0.25) is 0 Å². The van der Waals surface area contributed by atoms with Crippen molar-refractivity contribution in [3.63, 3.8) is 0 Å². The molecule has 0 aromatic heterocycles. The minimum Gasteiger partial charge on any atom is -0.319 e. The monoisotopic (exact) mass is 337 g/mol. The second-order valence-electron chi connectivity index (χ2n) is 3.26. The first-order chi connectivity index (χ1) is 7.57. The van der Waals surface area contributed by atoms with Gasteiger partial charge in [0.15, 0.2) is 0 Å². The van der Waals surface area contributed by atoms with E-state index in [9.17, 15) is 22.0 Å². The maximum Gasteiger partial charge on any atom is 0.455 e. The second-order valence-corrected chi connectivity index (χ2v) is 4.56. The molecule has 0 amide bonds. The van der Waals surface area contributed by atoms with Gasteiger partial charge < -0.3 is 5.73 Å². The molecule has 96 valence electrons. The van der Waals surface area contributed by atoms with Gasteiger partial charge in [-0.2, -0.15) is 22.0 Å². The Balaban J connectivity index is 3.21. The van der Waals surface area contributed by atoms with E-state index in [1.165, 1.54) is 12.1 Å². The van der Waals surface area contributed by atoms with Crippen LogP contribution in [-0.2, 0) is 0 Å². The zero-order chi connectivity index (χ0) is 13.4. The number of hydrogen-bond donors (Lipinski definition) is 1. The highest BCUT2D eigenvalue weighted by molar-refractivity contribution is 9.10. The zero-order valence-electron chi connectivity index (χ0n) is 8.03. The van der Waals surface area contributed by atoms with Crippen LogP contribution in [0.25, 0.3) is 0 Å². The largest absolute Gasteiger partial charge is 0.455 e. The summed E-state index contributed by atoms with van der Waals surface area (Å²) < 4.78 is 62.4.